The molecular formula is C67H48N2. The maximum Gasteiger partial charge on any atom is 0.0713 e. The van der Waals surface area contributed by atoms with Crippen LogP contribution in [-0.4, -0.2) is 0 Å². The highest BCUT2D eigenvalue weighted by Gasteiger charge is 2.46. The molecule has 2 nitrogen and oxygen atoms in total. The predicted octanol–water partition coefficient (Wildman–Crippen LogP) is 18.0. The van der Waals surface area contributed by atoms with Crippen LogP contribution in [0.1, 0.15) is 22.3 Å². The molecule has 11 aromatic carbocycles. The summed E-state index contributed by atoms with van der Waals surface area (Å²) in [6.45, 7) is 0. The lowest BCUT2D eigenvalue weighted by Gasteiger charge is -2.35. The van der Waals surface area contributed by atoms with Crippen molar-refractivity contribution >= 4 is 34.1 Å². The Morgan fingerprint density at radius 1 is 0.203 bits per heavy atom. The molecule has 0 heterocycles. The lowest BCUT2D eigenvalue weighted by Crippen LogP contribution is -2.29. The van der Waals surface area contributed by atoms with E-state index in [1.807, 2.05) is 0 Å². The van der Waals surface area contributed by atoms with Crippen molar-refractivity contribution in [1.29, 1.82) is 0 Å². The third kappa shape index (κ3) is 7.59. The summed E-state index contributed by atoms with van der Waals surface area (Å²) < 4.78 is 0. The summed E-state index contributed by atoms with van der Waals surface area (Å²) in [6.07, 6.45) is 0. The van der Waals surface area contributed by atoms with Crippen molar-refractivity contribution in [1.82, 2.24) is 0 Å². The van der Waals surface area contributed by atoms with Crippen LogP contribution in [0.5, 0.6) is 0 Å². The number of fused-ring (bicyclic) bond motifs is 3. The fourth-order valence-corrected chi connectivity index (χ4v) is 10.6. The molecule has 326 valence electrons. The largest absolute Gasteiger partial charge is 0.311 e. The number of nitrogens with zero attached hydrogens (tertiary/aromatic N) is 2. The first-order valence-corrected chi connectivity index (χ1v) is 23.7. The van der Waals surface area contributed by atoms with Gasteiger partial charge in [-0.3, -0.25) is 0 Å². The highest BCUT2D eigenvalue weighted by atomic mass is 15.1. The summed E-state index contributed by atoms with van der Waals surface area (Å²) in [5.41, 5.74) is 20.5. The van der Waals surface area contributed by atoms with Crippen LogP contribution in [-0.2, 0) is 5.41 Å². The Balaban J connectivity index is 1.08. The second kappa shape index (κ2) is 18.0. The van der Waals surface area contributed by atoms with Gasteiger partial charge in [-0.1, -0.05) is 194 Å². The van der Waals surface area contributed by atoms with E-state index in [0.717, 1.165) is 34.1 Å². The van der Waals surface area contributed by atoms with Crippen molar-refractivity contribution in [3.8, 4) is 44.5 Å². The maximum atomic E-state index is 2.48. The number of anilines is 6. The minimum absolute atomic E-state index is 0.660. The van der Waals surface area contributed by atoms with Gasteiger partial charge in [0.2, 0.25) is 0 Å². The zero-order valence-corrected chi connectivity index (χ0v) is 38.1. The lowest BCUT2D eigenvalue weighted by atomic mass is 9.67. The van der Waals surface area contributed by atoms with Crippen LogP contribution in [0.4, 0.5) is 34.1 Å². The van der Waals surface area contributed by atoms with Crippen molar-refractivity contribution in [2.75, 3.05) is 9.80 Å². The number of rotatable bonds is 11. The molecular weight excluding hydrogens is 833 g/mol. The van der Waals surface area contributed by atoms with E-state index in [2.05, 4.69) is 301 Å². The smallest absolute Gasteiger partial charge is 0.0713 e. The van der Waals surface area contributed by atoms with Crippen LogP contribution < -0.4 is 9.80 Å². The monoisotopic (exact) mass is 880 g/mol. The fourth-order valence-electron chi connectivity index (χ4n) is 10.6. The van der Waals surface area contributed by atoms with Gasteiger partial charge in [0.25, 0.3) is 0 Å². The van der Waals surface area contributed by atoms with Crippen molar-refractivity contribution < 1.29 is 0 Å². The Kier molecular flexibility index (Phi) is 10.8. The van der Waals surface area contributed by atoms with Crippen LogP contribution in [0.3, 0.4) is 0 Å². The first-order chi connectivity index (χ1) is 34.2. The summed E-state index contributed by atoms with van der Waals surface area (Å²) >= 11 is 0. The quantitative estimate of drug-likeness (QED) is 0.128. The number of hydrogen-bond acceptors (Lipinski definition) is 2. The lowest BCUT2D eigenvalue weighted by molar-refractivity contribution is 0.768. The molecule has 0 aliphatic heterocycles. The maximum absolute atomic E-state index is 2.48. The summed E-state index contributed by atoms with van der Waals surface area (Å²) in [7, 11) is 0. The molecule has 1 aliphatic rings. The molecule has 2 heteroatoms. The number of para-hydroxylation sites is 4. The minimum atomic E-state index is -0.660. The summed E-state index contributed by atoms with van der Waals surface area (Å²) in [5.74, 6) is 0. The molecule has 1 aliphatic carbocycles. The molecule has 11 aromatic rings. The molecule has 0 N–H and O–H groups in total. The molecule has 0 unspecified atom stereocenters. The summed E-state index contributed by atoms with van der Waals surface area (Å²) in [5, 5.41) is 0. The number of hydrogen-bond donors (Lipinski definition) is 0. The van der Waals surface area contributed by atoms with Crippen LogP contribution >= 0.6 is 0 Å². The first-order valence-electron chi connectivity index (χ1n) is 23.7. The average Bonchev–Trinajstić information content (AvgIpc) is 3.73. The predicted molar refractivity (Wildman–Crippen MR) is 289 cm³/mol. The van der Waals surface area contributed by atoms with Crippen molar-refractivity contribution in [3.63, 3.8) is 0 Å². The van der Waals surface area contributed by atoms with Gasteiger partial charge in [-0.05, 0) is 164 Å². The van der Waals surface area contributed by atoms with Crippen molar-refractivity contribution in [2.24, 2.45) is 0 Å². The van der Waals surface area contributed by atoms with Gasteiger partial charge in [-0.2, -0.15) is 0 Å². The van der Waals surface area contributed by atoms with E-state index in [-0.39, 0.29) is 0 Å². The van der Waals surface area contributed by atoms with E-state index >= 15 is 0 Å². The Bertz CT molecular complexity index is 3240. The Morgan fingerprint density at radius 3 is 0.928 bits per heavy atom. The molecule has 0 saturated heterocycles. The van der Waals surface area contributed by atoms with Gasteiger partial charge in [0.05, 0.1) is 5.41 Å². The summed E-state index contributed by atoms with van der Waals surface area (Å²) in [6, 6.07) is 106. The number of benzene rings is 11. The molecule has 0 fully saturated rings. The van der Waals surface area contributed by atoms with E-state index in [1.165, 1.54) is 66.8 Å². The summed E-state index contributed by atoms with van der Waals surface area (Å²) in [4.78, 5) is 4.68. The molecule has 0 radical (unpaired) electrons. The van der Waals surface area contributed by atoms with E-state index in [4.69, 9.17) is 0 Å². The van der Waals surface area contributed by atoms with E-state index < -0.39 is 5.41 Å². The third-order valence-corrected chi connectivity index (χ3v) is 13.7. The second-order valence-corrected chi connectivity index (χ2v) is 17.7. The van der Waals surface area contributed by atoms with Crippen LogP contribution in [0.2, 0.25) is 0 Å². The SMILES string of the molecule is c1ccc(-c2cc(-c3ccccc3)cc(-c3ccc4c(c3)C(c3ccc(N(c5ccccc5)c5ccccc5)cc3)(c3ccc(N(c5ccccc5)c5ccccc5)cc3)c3ccccc3-4)c2)cc1. The Labute approximate surface area is 405 Å². The Morgan fingerprint density at radius 2 is 0.522 bits per heavy atom. The third-order valence-electron chi connectivity index (χ3n) is 13.7. The zero-order valence-electron chi connectivity index (χ0n) is 38.1. The average molecular weight is 881 g/mol. The molecule has 12 rings (SSSR count). The van der Waals surface area contributed by atoms with Gasteiger partial charge in [-0.15, -0.1) is 0 Å². The molecule has 0 aromatic heterocycles. The zero-order chi connectivity index (χ0) is 46.0. The second-order valence-electron chi connectivity index (χ2n) is 17.7. The van der Waals surface area contributed by atoms with Gasteiger partial charge >= 0.3 is 0 Å². The minimum Gasteiger partial charge on any atom is -0.311 e. The molecule has 0 bridgehead atoms. The van der Waals surface area contributed by atoms with Gasteiger partial charge in [0.1, 0.15) is 0 Å². The topological polar surface area (TPSA) is 6.48 Å². The van der Waals surface area contributed by atoms with Crippen LogP contribution in [0.15, 0.2) is 291 Å². The highest BCUT2D eigenvalue weighted by Crippen LogP contribution is 2.57. The van der Waals surface area contributed by atoms with Crippen molar-refractivity contribution in [2.45, 2.75) is 5.41 Å². The highest BCUT2D eigenvalue weighted by molar-refractivity contribution is 5.90. The van der Waals surface area contributed by atoms with Crippen LogP contribution in [0, 0.1) is 0 Å². The first kappa shape index (κ1) is 41.5. The van der Waals surface area contributed by atoms with Gasteiger partial charge in [0.15, 0.2) is 0 Å². The van der Waals surface area contributed by atoms with Gasteiger partial charge in [-0.25, -0.2) is 0 Å². The van der Waals surface area contributed by atoms with Gasteiger partial charge in [0, 0.05) is 34.1 Å². The molecule has 69 heavy (non-hydrogen) atoms. The standard InChI is InChI=1S/C67H48N2/c1-7-21-49(22-8-1)52-45-53(50-23-9-2-10-24-50)47-54(46-52)51-35-44-64-63-33-19-20-34-65(63)67(66(64)48-51,55-36-40-61(41-37-55)68(57-25-11-3-12-26-57)58-27-13-4-14-28-58)56-38-42-62(43-39-56)69(59-29-15-5-16-30-59)60-31-17-6-18-32-60/h1-48H. The van der Waals surface area contributed by atoms with Crippen LogP contribution in [0.25, 0.3) is 44.5 Å². The van der Waals surface area contributed by atoms with E-state index in [9.17, 15) is 0 Å². The van der Waals surface area contributed by atoms with E-state index in [0.29, 0.717) is 0 Å². The normalized spacial score (nSPS) is 12.2. The van der Waals surface area contributed by atoms with E-state index in [1.54, 1.807) is 0 Å². The molecule has 0 spiro atoms. The van der Waals surface area contributed by atoms with Crippen molar-refractivity contribution in [3.05, 3.63) is 313 Å². The molecule has 0 atom stereocenters. The van der Waals surface area contributed by atoms with Gasteiger partial charge < -0.3 is 9.80 Å². The fraction of sp³-hybridized carbons (Fsp3) is 0.0149. The molecule has 0 amide bonds. The molecule has 0 saturated carbocycles. The Hall–Kier alpha value is -8.98.